The van der Waals surface area contributed by atoms with Crippen molar-refractivity contribution in [3.63, 3.8) is 0 Å². The molecular weight excluding hydrogens is 352 g/mol. The molecule has 0 spiro atoms. The average molecular weight is 376 g/mol. The first kappa shape index (κ1) is 19.2. The largest absolute Gasteiger partial charge is 0.508 e. The van der Waals surface area contributed by atoms with Gasteiger partial charge in [-0.25, -0.2) is 0 Å². The zero-order chi connectivity index (χ0) is 18.8. The van der Waals surface area contributed by atoms with Crippen LogP contribution in [-0.4, -0.2) is 55.7 Å². The van der Waals surface area contributed by atoms with E-state index in [-0.39, 0.29) is 12.4 Å². The van der Waals surface area contributed by atoms with Gasteiger partial charge < -0.3 is 25.5 Å². The standard InChI is InChI=1S/C20H24O5S/c1-11-7-15(22)14(9-13(11)8-12-5-3-2-4-6-12)20-19(25)18(24)17(23)16(10-21)26-20/h2-7,9,16-25H,8,10H2,1H3/t16-,17-,18+,19-,20+/m1/s1. The summed E-state index contributed by atoms with van der Waals surface area (Å²) < 4.78 is 0. The highest BCUT2D eigenvalue weighted by molar-refractivity contribution is 8.00. The molecule has 1 heterocycles. The van der Waals surface area contributed by atoms with Gasteiger partial charge in [0.1, 0.15) is 11.9 Å². The Bertz CT molecular complexity index is 749. The summed E-state index contributed by atoms with van der Waals surface area (Å²) >= 11 is 1.17. The zero-order valence-corrected chi connectivity index (χ0v) is 15.3. The number of aliphatic hydroxyl groups is 4. The molecule has 26 heavy (non-hydrogen) atoms. The molecule has 3 rings (SSSR count). The summed E-state index contributed by atoms with van der Waals surface area (Å²) in [6.07, 6.45) is -3.15. The molecule has 0 radical (unpaired) electrons. The molecule has 2 aromatic rings. The van der Waals surface area contributed by atoms with Crippen LogP contribution in [0.3, 0.4) is 0 Å². The second-order valence-corrected chi connectivity index (χ2v) is 8.13. The van der Waals surface area contributed by atoms with Crippen LogP contribution in [0.25, 0.3) is 0 Å². The first-order chi connectivity index (χ1) is 12.4. The number of thioether (sulfide) groups is 1. The van der Waals surface area contributed by atoms with E-state index in [1.54, 1.807) is 6.07 Å². The lowest BCUT2D eigenvalue weighted by Gasteiger charge is -2.40. The first-order valence-corrected chi connectivity index (χ1v) is 9.53. The van der Waals surface area contributed by atoms with Crippen molar-refractivity contribution in [3.8, 4) is 5.75 Å². The topological polar surface area (TPSA) is 101 Å². The van der Waals surface area contributed by atoms with Crippen molar-refractivity contribution in [1.82, 2.24) is 0 Å². The highest BCUT2D eigenvalue weighted by Crippen LogP contribution is 2.46. The van der Waals surface area contributed by atoms with Gasteiger partial charge in [-0.05, 0) is 36.1 Å². The summed E-state index contributed by atoms with van der Waals surface area (Å²) in [5, 5.41) is 49.2. The van der Waals surface area contributed by atoms with Gasteiger partial charge in [0.2, 0.25) is 0 Å². The van der Waals surface area contributed by atoms with Crippen molar-refractivity contribution in [2.75, 3.05) is 6.61 Å². The van der Waals surface area contributed by atoms with Crippen molar-refractivity contribution in [1.29, 1.82) is 0 Å². The summed E-state index contributed by atoms with van der Waals surface area (Å²) in [6, 6.07) is 13.4. The number of aliphatic hydroxyl groups excluding tert-OH is 4. The van der Waals surface area contributed by atoms with Crippen molar-refractivity contribution in [2.24, 2.45) is 0 Å². The average Bonchev–Trinajstić information content (AvgIpc) is 2.64. The SMILES string of the molecule is Cc1cc(O)c([C@@H]2S[C@H](CO)[C@@H](O)[C@H](O)[C@H]2O)cc1Cc1ccccc1. The molecule has 5 nitrogen and oxygen atoms in total. The van der Waals surface area contributed by atoms with Crippen molar-refractivity contribution in [2.45, 2.75) is 42.2 Å². The van der Waals surface area contributed by atoms with Crippen LogP contribution in [0.15, 0.2) is 42.5 Å². The molecule has 1 fully saturated rings. The molecule has 0 unspecified atom stereocenters. The molecule has 1 aliphatic heterocycles. The van der Waals surface area contributed by atoms with Crippen LogP contribution in [0.4, 0.5) is 0 Å². The molecule has 0 aliphatic carbocycles. The molecule has 0 aromatic heterocycles. The summed E-state index contributed by atoms with van der Waals surface area (Å²) in [7, 11) is 0. The fourth-order valence-corrected chi connectivity index (χ4v) is 4.79. The summed E-state index contributed by atoms with van der Waals surface area (Å²) in [4.78, 5) is 0. The normalized spacial score (nSPS) is 28.9. The Morgan fingerprint density at radius 3 is 2.31 bits per heavy atom. The van der Waals surface area contributed by atoms with Crippen LogP contribution in [0, 0.1) is 6.92 Å². The summed E-state index contributed by atoms with van der Waals surface area (Å²) in [5.41, 5.74) is 3.58. The third-order valence-electron chi connectivity index (χ3n) is 4.92. The van der Waals surface area contributed by atoms with Gasteiger partial charge in [0.15, 0.2) is 0 Å². The molecule has 0 bridgehead atoms. The van der Waals surface area contributed by atoms with Crippen LogP contribution < -0.4 is 0 Å². The van der Waals surface area contributed by atoms with E-state index >= 15 is 0 Å². The van der Waals surface area contributed by atoms with Crippen LogP contribution in [-0.2, 0) is 6.42 Å². The Labute approximate surface area is 156 Å². The fraction of sp³-hybridized carbons (Fsp3) is 0.400. The van der Waals surface area contributed by atoms with Gasteiger partial charge in [0.25, 0.3) is 0 Å². The van der Waals surface area contributed by atoms with Gasteiger partial charge in [-0.15, -0.1) is 11.8 Å². The molecular formula is C20H24O5S. The van der Waals surface area contributed by atoms with Crippen molar-refractivity contribution >= 4 is 11.8 Å². The number of phenolic OH excluding ortho intramolecular Hbond substituents is 1. The highest BCUT2D eigenvalue weighted by atomic mass is 32.2. The number of aromatic hydroxyl groups is 1. The Hall–Kier alpha value is -1.57. The second kappa shape index (κ2) is 7.98. The maximum absolute atomic E-state index is 10.4. The Balaban J connectivity index is 1.95. The first-order valence-electron chi connectivity index (χ1n) is 8.59. The predicted octanol–water partition coefficient (Wildman–Crippen LogP) is 1.52. The van der Waals surface area contributed by atoms with Gasteiger partial charge in [0, 0.05) is 5.56 Å². The van der Waals surface area contributed by atoms with E-state index in [4.69, 9.17) is 0 Å². The maximum atomic E-state index is 10.4. The van der Waals surface area contributed by atoms with Crippen molar-refractivity contribution in [3.05, 3.63) is 64.7 Å². The third-order valence-corrected chi connectivity index (χ3v) is 6.52. The van der Waals surface area contributed by atoms with E-state index in [0.29, 0.717) is 12.0 Å². The molecule has 5 atom stereocenters. The van der Waals surface area contributed by atoms with E-state index < -0.39 is 28.8 Å². The number of hydrogen-bond donors (Lipinski definition) is 5. The fourth-order valence-electron chi connectivity index (χ4n) is 3.35. The molecule has 5 N–H and O–H groups in total. The van der Waals surface area contributed by atoms with E-state index in [9.17, 15) is 25.5 Å². The van der Waals surface area contributed by atoms with Gasteiger partial charge in [0.05, 0.1) is 29.3 Å². The van der Waals surface area contributed by atoms with Gasteiger partial charge in [-0.1, -0.05) is 36.4 Å². The minimum atomic E-state index is -1.38. The van der Waals surface area contributed by atoms with E-state index in [1.807, 2.05) is 43.3 Å². The highest BCUT2D eigenvalue weighted by Gasteiger charge is 2.44. The summed E-state index contributed by atoms with van der Waals surface area (Å²) in [5.74, 6) is 0.0381. The molecule has 1 saturated heterocycles. The van der Waals surface area contributed by atoms with Gasteiger partial charge in [-0.3, -0.25) is 0 Å². The van der Waals surface area contributed by atoms with E-state index in [2.05, 4.69) is 0 Å². The molecule has 1 aliphatic rings. The van der Waals surface area contributed by atoms with Gasteiger partial charge >= 0.3 is 0 Å². The monoisotopic (exact) mass is 376 g/mol. The maximum Gasteiger partial charge on any atom is 0.120 e. The predicted molar refractivity (Wildman–Crippen MR) is 101 cm³/mol. The summed E-state index contributed by atoms with van der Waals surface area (Å²) in [6.45, 7) is 1.59. The smallest absolute Gasteiger partial charge is 0.120 e. The van der Waals surface area contributed by atoms with Crippen LogP contribution in [0.1, 0.15) is 27.5 Å². The lowest BCUT2D eigenvalue weighted by atomic mass is 9.92. The van der Waals surface area contributed by atoms with Crippen LogP contribution in [0.2, 0.25) is 0 Å². The number of hydrogen-bond acceptors (Lipinski definition) is 6. The number of benzene rings is 2. The Morgan fingerprint density at radius 1 is 0.962 bits per heavy atom. The lowest BCUT2D eigenvalue weighted by Crippen LogP contribution is -2.51. The van der Waals surface area contributed by atoms with Crippen molar-refractivity contribution < 1.29 is 25.5 Å². The Morgan fingerprint density at radius 2 is 1.65 bits per heavy atom. The van der Waals surface area contributed by atoms with E-state index in [1.165, 1.54) is 11.8 Å². The second-order valence-electron chi connectivity index (χ2n) is 6.75. The van der Waals surface area contributed by atoms with Crippen LogP contribution >= 0.6 is 11.8 Å². The van der Waals surface area contributed by atoms with E-state index in [0.717, 1.165) is 16.7 Å². The zero-order valence-electron chi connectivity index (χ0n) is 14.5. The minimum absolute atomic E-state index is 0.0381. The molecule has 0 saturated carbocycles. The molecule has 2 aromatic carbocycles. The third kappa shape index (κ3) is 3.75. The quantitative estimate of drug-likeness (QED) is 0.555. The van der Waals surface area contributed by atoms with Gasteiger partial charge in [-0.2, -0.15) is 0 Å². The number of aryl methyl sites for hydroxylation is 1. The Kier molecular flexibility index (Phi) is 5.89. The number of phenols is 1. The lowest BCUT2D eigenvalue weighted by molar-refractivity contribution is -0.0701. The minimum Gasteiger partial charge on any atom is -0.508 e. The molecule has 0 amide bonds. The number of rotatable bonds is 4. The molecule has 6 heteroatoms. The van der Waals surface area contributed by atoms with Crippen LogP contribution in [0.5, 0.6) is 5.75 Å². The molecule has 140 valence electrons.